The number of methoxy groups -OCH3 is 1. The van der Waals surface area contributed by atoms with Gasteiger partial charge >= 0.3 is 0 Å². The number of nitrogens with one attached hydrogen (secondary N) is 2. The molecule has 8 heteroatoms. The first kappa shape index (κ1) is 21.6. The Morgan fingerprint density at radius 1 is 1.22 bits per heavy atom. The number of H-pyrrole nitrogens is 1. The Bertz CT molecular complexity index is 1140. The first-order valence-corrected chi connectivity index (χ1v) is 10.6. The van der Waals surface area contributed by atoms with E-state index in [2.05, 4.69) is 37.5 Å². The van der Waals surface area contributed by atoms with Crippen LogP contribution in [0, 0.1) is 0 Å². The maximum atomic E-state index is 12.7. The van der Waals surface area contributed by atoms with Crippen LogP contribution in [-0.2, 0) is 19.5 Å². The molecule has 2 heterocycles. The number of rotatable bonds is 8. The number of aromatic amines is 1. The lowest BCUT2D eigenvalue weighted by molar-refractivity contribution is 0.242. The minimum absolute atomic E-state index is 0.137. The summed E-state index contributed by atoms with van der Waals surface area (Å²) in [6.07, 6.45) is 2.34. The second-order valence-electron chi connectivity index (χ2n) is 7.47. The molecular weight excluding hydrogens is 406 g/mol. The zero-order valence-electron chi connectivity index (χ0n) is 18.3. The number of ether oxygens (including phenoxy) is 2. The summed E-state index contributed by atoms with van der Waals surface area (Å²) in [6.45, 7) is 4.66. The van der Waals surface area contributed by atoms with E-state index >= 15 is 0 Å². The van der Waals surface area contributed by atoms with Crippen molar-refractivity contribution < 1.29 is 9.47 Å². The van der Waals surface area contributed by atoms with Crippen LogP contribution in [0.25, 0.3) is 0 Å². The Morgan fingerprint density at radius 3 is 2.84 bits per heavy atom. The van der Waals surface area contributed by atoms with E-state index in [1.807, 2.05) is 43.3 Å². The van der Waals surface area contributed by atoms with Gasteiger partial charge in [0.05, 0.1) is 31.2 Å². The normalized spacial score (nSPS) is 13.7. The Hall–Kier alpha value is -3.65. The van der Waals surface area contributed by atoms with E-state index in [0.717, 1.165) is 30.8 Å². The third-order valence-corrected chi connectivity index (χ3v) is 5.29. The molecule has 2 aromatic carbocycles. The van der Waals surface area contributed by atoms with Crippen LogP contribution in [0.1, 0.15) is 29.3 Å². The quantitative estimate of drug-likeness (QED) is 0.419. The van der Waals surface area contributed by atoms with Crippen molar-refractivity contribution in [1.29, 1.82) is 0 Å². The largest absolute Gasteiger partial charge is 0.493 e. The summed E-state index contributed by atoms with van der Waals surface area (Å²) < 4.78 is 11.0. The molecule has 8 nitrogen and oxygen atoms in total. The van der Waals surface area contributed by atoms with Crippen molar-refractivity contribution in [3.8, 4) is 11.5 Å². The maximum absolute atomic E-state index is 12.7. The molecule has 2 N–H and O–H groups in total. The predicted molar refractivity (Wildman–Crippen MR) is 124 cm³/mol. The summed E-state index contributed by atoms with van der Waals surface area (Å²) in [5.74, 6) is 1.58. The first-order chi connectivity index (χ1) is 15.7. The summed E-state index contributed by atoms with van der Waals surface area (Å²) in [4.78, 5) is 22.3. The molecule has 4 rings (SSSR count). The van der Waals surface area contributed by atoms with Crippen molar-refractivity contribution in [2.24, 2.45) is 5.10 Å². The van der Waals surface area contributed by atoms with Gasteiger partial charge in [-0.15, -0.1) is 0 Å². The number of fused-ring (bicyclic) bond motifs is 1. The van der Waals surface area contributed by atoms with Crippen molar-refractivity contribution in [3.63, 3.8) is 0 Å². The van der Waals surface area contributed by atoms with Crippen molar-refractivity contribution >= 4 is 12.2 Å². The summed E-state index contributed by atoms with van der Waals surface area (Å²) in [7, 11) is 1.60. The summed E-state index contributed by atoms with van der Waals surface area (Å²) in [6, 6.07) is 15.8. The second-order valence-corrected chi connectivity index (χ2v) is 7.47. The topological polar surface area (TPSA) is 91.8 Å². The first-order valence-electron chi connectivity index (χ1n) is 10.6. The van der Waals surface area contributed by atoms with Crippen LogP contribution in [0.4, 0.5) is 5.95 Å². The second kappa shape index (κ2) is 10.1. The average molecular weight is 434 g/mol. The lowest BCUT2D eigenvalue weighted by Gasteiger charge is -2.27. The van der Waals surface area contributed by atoms with Gasteiger partial charge in [0.15, 0.2) is 11.5 Å². The fraction of sp³-hybridized carbons (Fsp3) is 0.292. The molecule has 0 amide bonds. The zero-order valence-corrected chi connectivity index (χ0v) is 18.3. The fourth-order valence-electron chi connectivity index (χ4n) is 3.77. The lowest BCUT2D eigenvalue weighted by atomic mass is 10.1. The van der Waals surface area contributed by atoms with Crippen LogP contribution in [-0.4, -0.2) is 41.3 Å². The van der Waals surface area contributed by atoms with Gasteiger partial charge in [0.1, 0.15) is 0 Å². The minimum atomic E-state index is -0.137. The summed E-state index contributed by atoms with van der Waals surface area (Å²) in [5.41, 5.74) is 6.22. The number of nitrogens with zero attached hydrogens (tertiary/aromatic N) is 3. The van der Waals surface area contributed by atoms with Crippen molar-refractivity contribution in [1.82, 2.24) is 14.9 Å². The van der Waals surface area contributed by atoms with Gasteiger partial charge < -0.3 is 9.47 Å². The van der Waals surface area contributed by atoms with Gasteiger partial charge in [0, 0.05) is 31.6 Å². The van der Waals surface area contributed by atoms with Crippen molar-refractivity contribution in [2.75, 3.05) is 25.7 Å². The SMILES string of the molecule is CCOc1c(/C=N\Nc2nc3c(c(=O)[nH]2)CN(Cc2ccccc2)CC3)cccc1OC. The standard InChI is InChI=1S/C24H27N5O3/c1-3-32-22-18(10-7-11-21(22)31-2)14-25-28-24-26-20-12-13-29(16-19(20)23(30)27-24)15-17-8-5-4-6-9-17/h4-11,14H,3,12-13,15-16H2,1-2H3,(H2,26,27,28,30)/b25-14-. The highest BCUT2D eigenvalue weighted by Gasteiger charge is 2.21. The number of anilines is 1. The van der Waals surface area contributed by atoms with Crippen LogP contribution >= 0.6 is 0 Å². The van der Waals surface area contributed by atoms with E-state index < -0.39 is 0 Å². The summed E-state index contributed by atoms with van der Waals surface area (Å²) >= 11 is 0. The Morgan fingerprint density at radius 2 is 2.06 bits per heavy atom. The monoisotopic (exact) mass is 433 g/mol. The highest BCUT2D eigenvalue weighted by atomic mass is 16.5. The molecule has 0 unspecified atom stereocenters. The molecule has 0 bridgehead atoms. The molecule has 0 spiro atoms. The Labute approximate surface area is 186 Å². The molecule has 0 fully saturated rings. The minimum Gasteiger partial charge on any atom is -0.493 e. The van der Waals surface area contributed by atoms with Gasteiger partial charge in [-0.2, -0.15) is 5.10 Å². The molecule has 1 aromatic heterocycles. The van der Waals surface area contributed by atoms with Gasteiger partial charge in [-0.25, -0.2) is 10.4 Å². The van der Waals surface area contributed by atoms with E-state index in [1.54, 1.807) is 13.3 Å². The predicted octanol–water partition coefficient (Wildman–Crippen LogP) is 3.18. The molecule has 1 aliphatic rings. The van der Waals surface area contributed by atoms with E-state index in [4.69, 9.17) is 9.47 Å². The van der Waals surface area contributed by atoms with E-state index in [-0.39, 0.29) is 5.56 Å². The maximum Gasteiger partial charge on any atom is 0.257 e. The van der Waals surface area contributed by atoms with Crippen molar-refractivity contribution in [2.45, 2.75) is 26.4 Å². The Kier molecular flexibility index (Phi) is 6.81. The van der Waals surface area contributed by atoms with Gasteiger partial charge in [-0.1, -0.05) is 36.4 Å². The van der Waals surface area contributed by atoms with Crippen LogP contribution in [0.3, 0.4) is 0 Å². The average Bonchev–Trinajstić information content (AvgIpc) is 2.81. The van der Waals surface area contributed by atoms with Crippen LogP contribution in [0.5, 0.6) is 11.5 Å². The summed E-state index contributed by atoms with van der Waals surface area (Å²) in [5, 5.41) is 4.24. The fourth-order valence-corrected chi connectivity index (χ4v) is 3.77. The van der Waals surface area contributed by atoms with Crippen molar-refractivity contribution in [3.05, 3.63) is 81.3 Å². The van der Waals surface area contributed by atoms with E-state index in [1.165, 1.54) is 5.56 Å². The molecule has 1 aliphatic heterocycles. The highest BCUT2D eigenvalue weighted by Crippen LogP contribution is 2.30. The molecule has 0 saturated heterocycles. The highest BCUT2D eigenvalue weighted by molar-refractivity contribution is 5.85. The number of hydrazone groups is 1. The van der Waals surface area contributed by atoms with E-state index in [9.17, 15) is 4.79 Å². The number of para-hydroxylation sites is 1. The molecule has 3 aromatic rings. The zero-order chi connectivity index (χ0) is 22.3. The van der Waals surface area contributed by atoms with Gasteiger partial charge in [0.25, 0.3) is 5.56 Å². The number of aromatic nitrogens is 2. The van der Waals surface area contributed by atoms with Gasteiger partial charge in [0.2, 0.25) is 5.95 Å². The Balaban J connectivity index is 1.46. The molecule has 0 atom stereocenters. The lowest BCUT2D eigenvalue weighted by Crippen LogP contribution is -2.35. The van der Waals surface area contributed by atoms with Crippen LogP contribution in [0.2, 0.25) is 0 Å². The third kappa shape index (κ3) is 4.97. The molecule has 0 radical (unpaired) electrons. The smallest absolute Gasteiger partial charge is 0.257 e. The third-order valence-electron chi connectivity index (χ3n) is 5.29. The number of benzene rings is 2. The van der Waals surface area contributed by atoms with E-state index in [0.29, 0.717) is 36.2 Å². The van der Waals surface area contributed by atoms with Gasteiger partial charge in [-0.3, -0.25) is 14.7 Å². The van der Waals surface area contributed by atoms with Gasteiger partial charge in [-0.05, 0) is 24.6 Å². The number of hydrogen-bond donors (Lipinski definition) is 2. The van der Waals surface area contributed by atoms with Crippen LogP contribution in [0.15, 0.2) is 58.4 Å². The molecule has 0 aliphatic carbocycles. The molecule has 0 saturated carbocycles. The molecule has 166 valence electrons. The molecule has 32 heavy (non-hydrogen) atoms. The van der Waals surface area contributed by atoms with Crippen LogP contribution < -0.4 is 20.5 Å². The number of hydrogen-bond acceptors (Lipinski definition) is 7. The molecular formula is C24H27N5O3.